The zero-order valence-electron chi connectivity index (χ0n) is 17.3. The number of carbonyl (C=O) groups is 2. The maximum absolute atomic E-state index is 14.0. The van der Waals surface area contributed by atoms with Gasteiger partial charge in [0.2, 0.25) is 0 Å². The molecule has 2 bridgehead atoms. The van der Waals surface area contributed by atoms with Gasteiger partial charge >= 0.3 is 5.97 Å². The van der Waals surface area contributed by atoms with E-state index in [1.807, 2.05) is 12.2 Å². The van der Waals surface area contributed by atoms with Gasteiger partial charge in [-0.2, -0.15) is 0 Å². The van der Waals surface area contributed by atoms with Crippen LogP contribution in [0.1, 0.15) is 51.9 Å². The van der Waals surface area contributed by atoms with Crippen molar-refractivity contribution in [3.63, 3.8) is 0 Å². The standard InChI is InChI=1S/C23H30O6/c1-3-27-21(25)18-17-9-10-22(29-17)11-12-23(28-13-26-2)15-6-4-5-14(15)7-8-16(23)20(24)19(18)22/h9-10,14-17H,3-8,11-13H2,1-2H3/t14-,15-,16+,17+,22+,23-/m0/s1. The molecular weight excluding hydrogens is 372 g/mol. The summed E-state index contributed by atoms with van der Waals surface area (Å²) in [7, 11) is 1.63. The minimum absolute atomic E-state index is 0.0267. The molecule has 2 aliphatic heterocycles. The average molecular weight is 402 g/mol. The molecule has 6 heteroatoms. The predicted octanol–water partition coefficient (Wildman–Crippen LogP) is 3.10. The lowest BCUT2D eigenvalue weighted by molar-refractivity contribution is -0.205. The smallest absolute Gasteiger partial charge is 0.337 e. The first-order chi connectivity index (χ1) is 14.1. The Morgan fingerprint density at radius 3 is 2.90 bits per heavy atom. The summed E-state index contributed by atoms with van der Waals surface area (Å²) in [4.78, 5) is 26.8. The minimum atomic E-state index is -0.807. The lowest BCUT2D eigenvalue weighted by Crippen LogP contribution is -2.54. The second kappa shape index (κ2) is 7.03. The number of methoxy groups -OCH3 is 1. The molecule has 0 unspecified atom stereocenters. The first kappa shape index (κ1) is 19.5. The highest BCUT2D eigenvalue weighted by Crippen LogP contribution is 2.60. The monoisotopic (exact) mass is 402 g/mol. The molecule has 0 saturated heterocycles. The van der Waals surface area contributed by atoms with E-state index in [0.717, 1.165) is 25.7 Å². The second-order valence-corrected chi connectivity index (χ2v) is 9.09. The summed E-state index contributed by atoms with van der Waals surface area (Å²) in [6.45, 7) is 2.24. The van der Waals surface area contributed by atoms with E-state index < -0.39 is 23.3 Å². The van der Waals surface area contributed by atoms with Crippen molar-refractivity contribution in [2.75, 3.05) is 20.5 Å². The van der Waals surface area contributed by atoms with Crippen LogP contribution in [0.15, 0.2) is 23.3 Å². The number of fused-ring (bicyclic) bond motifs is 4. The number of rotatable bonds is 5. The fraction of sp³-hybridized carbons (Fsp3) is 0.739. The molecule has 158 valence electrons. The van der Waals surface area contributed by atoms with Gasteiger partial charge in [0.1, 0.15) is 18.5 Å². The largest absolute Gasteiger partial charge is 0.463 e. The van der Waals surface area contributed by atoms with Crippen LogP contribution < -0.4 is 0 Å². The lowest BCUT2D eigenvalue weighted by atomic mass is 9.62. The van der Waals surface area contributed by atoms with E-state index in [1.165, 1.54) is 12.8 Å². The lowest BCUT2D eigenvalue weighted by Gasteiger charge is -2.49. The van der Waals surface area contributed by atoms with E-state index in [9.17, 15) is 9.59 Å². The van der Waals surface area contributed by atoms with Crippen molar-refractivity contribution < 1.29 is 28.5 Å². The van der Waals surface area contributed by atoms with Crippen LogP contribution in [0.4, 0.5) is 0 Å². The minimum Gasteiger partial charge on any atom is -0.463 e. The maximum Gasteiger partial charge on any atom is 0.337 e. The summed E-state index contributed by atoms with van der Waals surface area (Å²) in [6.07, 6.45) is 10.1. The quantitative estimate of drug-likeness (QED) is 0.400. The van der Waals surface area contributed by atoms with E-state index in [4.69, 9.17) is 18.9 Å². The Labute approximate surface area is 171 Å². The molecule has 6 atom stereocenters. The fourth-order valence-electron chi connectivity index (χ4n) is 6.88. The SMILES string of the molecule is CCOC(=O)C1=C2C(=O)[C@H]3CC[C@@H]4CCC[C@@H]4[C@@]3(OCOC)CC[C@]23C=C[C@H]1O3. The number of ether oxygens (including phenoxy) is 4. The number of hydrogen-bond donors (Lipinski definition) is 0. The Balaban J connectivity index is 1.61. The van der Waals surface area contributed by atoms with Crippen molar-refractivity contribution >= 4 is 11.8 Å². The first-order valence-corrected chi connectivity index (χ1v) is 11.0. The number of ketones is 1. The molecule has 0 aromatic heterocycles. The zero-order chi connectivity index (χ0) is 20.2. The molecule has 6 nitrogen and oxygen atoms in total. The fourth-order valence-corrected chi connectivity index (χ4v) is 6.88. The van der Waals surface area contributed by atoms with Crippen molar-refractivity contribution in [1.29, 1.82) is 0 Å². The highest BCUT2D eigenvalue weighted by atomic mass is 16.7. The van der Waals surface area contributed by atoms with Crippen molar-refractivity contribution in [3.8, 4) is 0 Å². The molecule has 0 aromatic rings. The summed E-state index contributed by atoms with van der Waals surface area (Å²) in [5, 5.41) is 0. The third-order valence-electron chi connectivity index (χ3n) is 7.95. The Kier molecular flexibility index (Phi) is 4.72. The normalized spacial score (nSPS) is 42.5. The van der Waals surface area contributed by atoms with Gasteiger partial charge in [-0.25, -0.2) is 4.79 Å². The number of carbonyl (C=O) groups excluding carboxylic acids is 2. The molecule has 29 heavy (non-hydrogen) atoms. The third-order valence-corrected chi connectivity index (χ3v) is 7.95. The van der Waals surface area contributed by atoms with Crippen molar-refractivity contribution in [2.24, 2.45) is 17.8 Å². The van der Waals surface area contributed by atoms with E-state index >= 15 is 0 Å². The van der Waals surface area contributed by atoms with Crippen LogP contribution in [-0.4, -0.2) is 49.6 Å². The average Bonchev–Trinajstić information content (AvgIpc) is 3.42. The first-order valence-electron chi connectivity index (χ1n) is 11.0. The van der Waals surface area contributed by atoms with E-state index in [-0.39, 0.29) is 25.1 Å². The molecule has 2 heterocycles. The third kappa shape index (κ3) is 2.65. The van der Waals surface area contributed by atoms with Crippen molar-refractivity contribution in [3.05, 3.63) is 23.3 Å². The van der Waals surface area contributed by atoms with Gasteiger partial charge in [-0.1, -0.05) is 18.9 Å². The molecule has 0 N–H and O–H groups in total. The topological polar surface area (TPSA) is 71.1 Å². The molecule has 3 saturated carbocycles. The Bertz CT molecular complexity index is 784. The summed E-state index contributed by atoms with van der Waals surface area (Å²) >= 11 is 0. The summed E-state index contributed by atoms with van der Waals surface area (Å²) in [6, 6.07) is 0. The molecule has 0 radical (unpaired) electrons. The summed E-state index contributed by atoms with van der Waals surface area (Å²) < 4.78 is 23.3. The van der Waals surface area contributed by atoms with E-state index in [1.54, 1.807) is 14.0 Å². The Morgan fingerprint density at radius 2 is 2.10 bits per heavy atom. The highest BCUT2D eigenvalue weighted by molar-refractivity contribution is 6.09. The van der Waals surface area contributed by atoms with Crippen LogP contribution in [0.25, 0.3) is 0 Å². The Hall–Kier alpha value is -1.50. The Morgan fingerprint density at radius 1 is 1.24 bits per heavy atom. The predicted molar refractivity (Wildman–Crippen MR) is 104 cm³/mol. The molecule has 5 aliphatic rings. The molecular formula is C23H30O6. The number of Topliss-reactive ketones (excluding diaryl/α,β-unsaturated/α-hetero) is 1. The van der Waals surface area contributed by atoms with Gasteiger partial charge in [-0.05, 0) is 56.9 Å². The molecule has 3 fully saturated rings. The van der Waals surface area contributed by atoms with Crippen LogP contribution in [0, 0.1) is 17.8 Å². The van der Waals surface area contributed by atoms with Gasteiger partial charge in [0.25, 0.3) is 0 Å². The molecule has 0 amide bonds. The highest BCUT2D eigenvalue weighted by Gasteiger charge is 2.64. The molecule has 5 rings (SSSR count). The molecule has 0 aromatic carbocycles. The number of hydrogen-bond acceptors (Lipinski definition) is 6. The van der Waals surface area contributed by atoms with Crippen LogP contribution in [0.5, 0.6) is 0 Å². The molecule has 1 spiro atoms. The van der Waals surface area contributed by atoms with Gasteiger partial charge in [-0.3, -0.25) is 4.79 Å². The van der Waals surface area contributed by atoms with Crippen LogP contribution in [0.2, 0.25) is 0 Å². The number of esters is 1. The van der Waals surface area contributed by atoms with Gasteiger partial charge in [0.05, 0.1) is 23.7 Å². The van der Waals surface area contributed by atoms with Crippen molar-refractivity contribution in [1.82, 2.24) is 0 Å². The van der Waals surface area contributed by atoms with Crippen molar-refractivity contribution in [2.45, 2.75) is 69.2 Å². The second-order valence-electron chi connectivity index (χ2n) is 9.09. The molecule has 3 aliphatic carbocycles. The van der Waals surface area contributed by atoms with E-state index in [2.05, 4.69) is 0 Å². The van der Waals surface area contributed by atoms with Crippen LogP contribution in [0.3, 0.4) is 0 Å². The van der Waals surface area contributed by atoms with Crippen LogP contribution in [-0.2, 0) is 28.5 Å². The van der Waals surface area contributed by atoms with Gasteiger partial charge in [0, 0.05) is 12.7 Å². The summed E-state index contributed by atoms with van der Waals surface area (Å²) in [5.41, 5.74) is -0.393. The van der Waals surface area contributed by atoms with Gasteiger partial charge < -0.3 is 18.9 Å². The summed E-state index contributed by atoms with van der Waals surface area (Å²) in [5.74, 6) is 0.319. The zero-order valence-corrected chi connectivity index (χ0v) is 17.3. The van der Waals surface area contributed by atoms with Gasteiger partial charge in [-0.15, -0.1) is 0 Å². The van der Waals surface area contributed by atoms with Crippen LogP contribution >= 0.6 is 0 Å². The van der Waals surface area contributed by atoms with Gasteiger partial charge in [0.15, 0.2) is 5.78 Å². The maximum atomic E-state index is 14.0. The van der Waals surface area contributed by atoms with E-state index in [0.29, 0.717) is 29.4 Å².